The van der Waals surface area contributed by atoms with Crippen LogP contribution in [0.25, 0.3) is 11.1 Å². The summed E-state index contributed by atoms with van der Waals surface area (Å²) >= 11 is 0. The van der Waals surface area contributed by atoms with E-state index in [4.69, 9.17) is 9.47 Å². The van der Waals surface area contributed by atoms with Gasteiger partial charge in [0.15, 0.2) is 11.5 Å². The van der Waals surface area contributed by atoms with Gasteiger partial charge in [-0.25, -0.2) is 0 Å². The largest absolute Gasteiger partial charge is 0.454 e. The maximum Gasteiger partial charge on any atom is 0.253 e. The van der Waals surface area contributed by atoms with Crippen LogP contribution in [0.4, 0.5) is 0 Å². The second-order valence-corrected chi connectivity index (χ2v) is 9.17. The van der Waals surface area contributed by atoms with E-state index in [1.807, 2.05) is 49.4 Å². The molecule has 0 unspecified atom stereocenters. The van der Waals surface area contributed by atoms with Crippen LogP contribution in [-0.4, -0.2) is 37.5 Å². The number of carbonyl (C=O) groups is 2. The summed E-state index contributed by atoms with van der Waals surface area (Å²) in [4.78, 5) is 27.2. The van der Waals surface area contributed by atoms with Gasteiger partial charge in [0.1, 0.15) is 5.78 Å². The van der Waals surface area contributed by atoms with Crippen molar-refractivity contribution in [2.75, 3.05) is 20.9 Å². The first-order valence-electron chi connectivity index (χ1n) is 11.2. The molecule has 3 aromatic rings. The highest BCUT2D eigenvalue weighted by Gasteiger charge is 2.50. The van der Waals surface area contributed by atoms with E-state index in [0.29, 0.717) is 12.0 Å². The van der Waals surface area contributed by atoms with Gasteiger partial charge in [0.05, 0.1) is 5.41 Å². The molecule has 33 heavy (non-hydrogen) atoms. The van der Waals surface area contributed by atoms with Crippen molar-refractivity contribution in [1.82, 2.24) is 4.90 Å². The van der Waals surface area contributed by atoms with Crippen LogP contribution in [0, 0.1) is 6.92 Å². The predicted molar refractivity (Wildman–Crippen MR) is 127 cm³/mol. The van der Waals surface area contributed by atoms with E-state index in [2.05, 4.69) is 18.2 Å². The Bertz CT molecular complexity index is 1240. The summed E-state index contributed by atoms with van der Waals surface area (Å²) in [7, 11) is 3.49. The third-order valence-corrected chi connectivity index (χ3v) is 6.78. The minimum Gasteiger partial charge on any atom is -0.454 e. The summed E-state index contributed by atoms with van der Waals surface area (Å²) < 4.78 is 10.9. The van der Waals surface area contributed by atoms with Gasteiger partial charge in [-0.2, -0.15) is 0 Å². The monoisotopic (exact) mass is 441 g/mol. The highest BCUT2D eigenvalue weighted by Crippen LogP contribution is 2.51. The van der Waals surface area contributed by atoms with Crippen molar-refractivity contribution in [2.24, 2.45) is 0 Å². The molecular weight excluding hydrogens is 414 g/mol. The van der Waals surface area contributed by atoms with Gasteiger partial charge in [0.2, 0.25) is 6.79 Å². The molecule has 1 amide bonds. The summed E-state index contributed by atoms with van der Waals surface area (Å²) in [6.45, 7) is 2.28. The molecule has 1 aliphatic carbocycles. The molecular formula is C28H27NO4. The van der Waals surface area contributed by atoms with E-state index in [9.17, 15) is 9.59 Å². The van der Waals surface area contributed by atoms with Gasteiger partial charge < -0.3 is 14.4 Å². The normalized spacial score (nSPS) is 15.2. The Balaban J connectivity index is 1.38. The molecule has 0 aromatic heterocycles. The topological polar surface area (TPSA) is 55.8 Å². The zero-order valence-electron chi connectivity index (χ0n) is 19.2. The summed E-state index contributed by atoms with van der Waals surface area (Å²) in [5.41, 5.74) is 5.47. The van der Waals surface area contributed by atoms with Crippen molar-refractivity contribution in [3.63, 3.8) is 0 Å². The zero-order valence-corrected chi connectivity index (χ0v) is 19.2. The van der Waals surface area contributed by atoms with Crippen molar-refractivity contribution in [3.05, 3.63) is 82.9 Å². The lowest BCUT2D eigenvalue weighted by atomic mass is 9.86. The van der Waals surface area contributed by atoms with E-state index >= 15 is 0 Å². The average Bonchev–Trinajstić information content (AvgIpc) is 3.51. The Morgan fingerprint density at radius 3 is 2.27 bits per heavy atom. The molecule has 3 aromatic carbocycles. The van der Waals surface area contributed by atoms with Crippen molar-refractivity contribution >= 4 is 11.7 Å². The predicted octanol–water partition coefficient (Wildman–Crippen LogP) is 4.94. The summed E-state index contributed by atoms with van der Waals surface area (Å²) in [6.07, 6.45) is 2.13. The van der Waals surface area contributed by atoms with Crippen LogP contribution in [0.3, 0.4) is 0 Å². The molecule has 0 spiro atoms. The number of ether oxygens (including phenoxy) is 2. The van der Waals surface area contributed by atoms with Crippen LogP contribution in [0.15, 0.2) is 60.7 Å². The molecule has 168 valence electrons. The second-order valence-electron chi connectivity index (χ2n) is 9.17. The van der Waals surface area contributed by atoms with Crippen molar-refractivity contribution in [1.29, 1.82) is 0 Å². The van der Waals surface area contributed by atoms with E-state index in [0.717, 1.165) is 52.2 Å². The number of carbonyl (C=O) groups excluding carboxylic acids is 2. The first-order valence-corrected chi connectivity index (χ1v) is 11.2. The van der Waals surface area contributed by atoms with Crippen molar-refractivity contribution in [2.45, 2.75) is 31.6 Å². The Kier molecular flexibility index (Phi) is 5.20. The number of Topliss-reactive ketones (excluding diaryl/α,β-unsaturated/α-hetero) is 1. The molecule has 1 aliphatic heterocycles. The Morgan fingerprint density at radius 2 is 1.58 bits per heavy atom. The molecule has 1 fully saturated rings. The maximum atomic E-state index is 13.5. The summed E-state index contributed by atoms with van der Waals surface area (Å²) in [5.74, 6) is 1.69. The summed E-state index contributed by atoms with van der Waals surface area (Å²) in [6, 6.07) is 19.7. The van der Waals surface area contributed by atoms with Gasteiger partial charge in [-0.05, 0) is 71.8 Å². The fourth-order valence-corrected chi connectivity index (χ4v) is 4.49. The first-order chi connectivity index (χ1) is 15.9. The Hall–Kier alpha value is -3.60. The number of rotatable bonds is 6. The number of hydrogen-bond acceptors (Lipinski definition) is 4. The molecule has 5 rings (SSSR count). The zero-order chi connectivity index (χ0) is 23.2. The standard InChI is InChI=1S/C28H27NO4/c1-18-4-5-21(19-6-8-20(9-7-19)27(31)29(2)3)14-22(18)15-26(30)28(12-13-28)23-10-11-24-25(16-23)33-17-32-24/h4-11,14,16H,12-13,15,17H2,1-3H3. The van der Waals surface area contributed by atoms with Crippen LogP contribution in [0.5, 0.6) is 11.5 Å². The number of benzene rings is 3. The highest BCUT2D eigenvalue weighted by atomic mass is 16.7. The number of fused-ring (bicyclic) bond motifs is 1. The van der Waals surface area contributed by atoms with Crippen LogP contribution in [0.1, 0.15) is 39.9 Å². The van der Waals surface area contributed by atoms with E-state index in [-0.39, 0.29) is 18.5 Å². The third-order valence-electron chi connectivity index (χ3n) is 6.78. The molecule has 0 atom stereocenters. The quantitative estimate of drug-likeness (QED) is 0.544. The minimum atomic E-state index is -0.419. The van der Waals surface area contributed by atoms with Gasteiger partial charge in [-0.3, -0.25) is 9.59 Å². The fourth-order valence-electron chi connectivity index (χ4n) is 4.49. The lowest BCUT2D eigenvalue weighted by Gasteiger charge is -2.17. The smallest absolute Gasteiger partial charge is 0.253 e. The Labute approximate surface area is 193 Å². The van der Waals surface area contributed by atoms with Crippen molar-refractivity contribution in [3.8, 4) is 22.6 Å². The Morgan fingerprint density at radius 1 is 0.879 bits per heavy atom. The average molecular weight is 442 g/mol. The van der Waals surface area contributed by atoms with Gasteiger partial charge in [0, 0.05) is 26.1 Å². The molecule has 0 saturated heterocycles. The lowest BCUT2D eigenvalue weighted by Crippen LogP contribution is -2.22. The molecule has 0 radical (unpaired) electrons. The van der Waals surface area contributed by atoms with Crippen LogP contribution in [0.2, 0.25) is 0 Å². The van der Waals surface area contributed by atoms with E-state index in [1.165, 1.54) is 0 Å². The third kappa shape index (κ3) is 3.88. The molecule has 2 aliphatic rings. The van der Waals surface area contributed by atoms with E-state index in [1.54, 1.807) is 19.0 Å². The number of aryl methyl sites for hydroxylation is 1. The molecule has 1 heterocycles. The van der Waals surface area contributed by atoms with Crippen LogP contribution < -0.4 is 9.47 Å². The summed E-state index contributed by atoms with van der Waals surface area (Å²) in [5, 5.41) is 0. The van der Waals surface area contributed by atoms with Crippen molar-refractivity contribution < 1.29 is 19.1 Å². The van der Waals surface area contributed by atoms with Crippen LogP contribution in [-0.2, 0) is 16.6 Å². The van der Waals surface area contributed by atoms with Crippen LogP contribution >= 0.6 is 0 Å². The molecule has 0 bridgehead atoms. The number of ketones is 1. The lowest BCUT2D eigenvalue weighted by molar-refractivity contribution is -0.120. The second kappa shape index (κ2) is 8.07. The molecule has 1 saturated carbocycles. The fraction of sp³-hybridized carbons (Fsp3) is 0.286. The molecule has 0 N–H and O–H groups in total. The first kappa shape index (κ1) is 21.3. The molecule has 5 heteroatoms. The van der Waals surface area contributed by atoms with E-state index < -0.39 is 5.41 Å². The number of amides is 1. The minimum absolute atomic E-state index is 0.0185. The molecule has 5 nitrogen and oxygen atoms in total. The maximum absolute atomic E-state index is 13.5. The van der Waals surface area contributed by atoms with Gasteiger partial charge >= 0.3 is 0 Å². The van der Waals surface area contributed by atoms with Gasteiger partial charge in [-0.15, -0.1) is 0 Å². The van der Waals surface area contributed by atoms with Gasteiger partial charge in [0.25, 0.3) is 5.91 Å². The highest BCUT2D eigenvalue weighted by molar-refractivity contribution is 5.95. The SMILES string of the molecule is Cc1ccc(-c2ccc(C(=O)N(C)C)cc2)cc1CC(=O)C1(c2ccc3c(c2)OCO3)CC1. The number of hydrogen-bond donors (Lipinski definition) is 0. The van der Waals surface area contributed by atoms with Gasteiger partial charge in [-0.1, -0.05) is 36.4 Å². The number of nitrogens with zero attached hydrogens (tertiary/aromatic N) is 1.